The molecule has 0 amide bonds. The normalized spacial score (nSPS) is 15.8. The van der Waals surface area contributed by atoms with Crippen molar-refractivity contribution >= 4 is 11.9 Å². The molecule has 2 aromatic rings. The maximum atomic E-state index is 12.7. The molecular formula is C19H19NO6. The third-order valence-electron chi connectivity index (χ3n) is 4.46. The summed E-state index contributed by atoms with van der Waals surface area (Å²) in [5.74, 6) is -0.570. The molecule has 3 rings (SSSR count). The van der Waals surface area contributed by atoms with Crippen LogP contribution in [0.3, 0.4) is 0 Å². The molecule has 0 fully saturated rings. The van der Waals surface area contributed by atoms with Crippen LogP contribution >= 0.6 is 0 Å². The number of aromatic nitrogens is 1. The largest absolute Gasteiger partial charge is 0.482 e. The van der Waals surface area contributed by atoms with Crippen LogP contribution in [0.15, 0.2) is 35.1 Å². The molecule has 136 valence electrons. The molecule has 0 spiro atoms. The zero-order chi connectivity index (χ0) is 18.8. The first-order valence-electron chi connectivity index (χ1n) is 8.11. The van der Waals surface area contributed by atoms with E-state index in [1.807, 2.05) is 6.07 Å². The van der Waals surface area contributed by atoms with Crippen LogP contribution in [0, 0.1) is 6.92 Å². The maximum absolute atomic E-state index is 12.7. The summed E-state index contributed by atoms with van der Waals surface area (Å²) in [5, 5.41) is 0. The Morgan fingerprint density at radius 2 is 2.08 bits per heavy atom. The van der Waals surface area contributed by atoms with Gasteiger partial charge in [-0.05, 0) is 24.6 Å². The molecule has 0 aliphatic carbocycles. The Bertz CT molecular complexity index is 930. The number of carbonyl (C=O) groups excluding carboxylic acids is 2. The number of esters is 2. The summed E-state index contributed by atoms with van der Waals surface area (Å²) in [6.45, 7) is 1.56. The first-order valence-corrected chi connectivity index (χ1v) is 8.11. The molecule has 1 aromatic heterocycles. The summed E-state index contributed by atoms with van der Waals surface area (Å²) >= 11 is 0. The van der Waals surface area contributed by atoms with Crippen LogP contribution in [0.4, 0.5) is 0 Å². The van der Waals surface area contributed by atoms with Crippen molar-refractivity contribution in [2.45, 2.75) is 19.3 Å². The van der Waals surface area contributed by atoms with Gasteiger partial charge >= 0.3 is 11.9 Å². The molecule has 0 bridgehead atoms. The van der Waals surface area contributed by atoms with E-state index in [1.54, 1.807) is 38.2 Å². The van der Waals surface area contributed by atoms with Gasteiger partial charge in [0.05, 0.1) is 19.1 Å². The average Bonchev–Trinajstić information content (AvgIpc) is 2.63. The summed E-state index contributed by atoms with van der Waals surface area (Å²) < 4.78 is 16.8. The van der Waals surface area contributed by atoms with Gasteiger partial charge in [-0.15, -0.1) is 0 Å². The number of carbonyl (C=O) groups is 2. The van der Waals surface area contributed by atoms with Gasteiger partial charge in [-0.3, -0.25) is 9.59 Å². The number of methoxy groups -OCH3 is 1. The predicted molar refractivity (Wildman–Crippen MR) is 92.5 cm³/mol. The van der Waals surface area contributed by atoms with E-state index in [4.69, 9.17) is 9.47 Å². The number of rotatable bonds is 4. The van der Waals surface area contributed by atoms with Crippen molar-refractivity contribution in [3.05, 3.63) is 57.5 Å². The summed E-state index contributed by atoms with van der Waals surface area (Å²) in [6.07, 6.45) is 0.0613. The highest BCUT2D eigenvalue weighted by molar-refractivity contribution is 5.77. The van der Waals surface area contributed by atoms with Crippen molar-refractivity contribution in [3.8, 4) is 11.5 Å². The molecule has 7 nitrogen and oxygen atoms in total. The van der Waals surface area contributed by atoms with E-state index in [0.29, 0.717) is 22.8 Å². The quantitative estimate of drug-likeness (QED) is 0.774. The molecule has 0 saturated carbocycles. The Kier molecular flexibility index (Phi) is 4.79. The molecule has 1 atom stereocenters. The highest BCUT2D eigenvalue weighted by Crippen LogP contribution is 2.37. The lowest BCUT2D eigenvalue weighted by Gasteiger charge is -2.25. The third-order valence-corrected chi connectivity index (χ3v) is 4.46. The van der Waals surface area contributed by atoms with Crippen LogP contribution in [0.5, 0.6) is 11.5 Å². The number of hydrogen-bond donors (Lipinski definition) is 0. The Balaban J connectivity index is 2.01. The van der Waals surface area contributed by atoms with Crippen molar-refractivity contribution in [1.82, 2.24) is 4.57 Å². The Morgan fingerprint density at radius 1 is 1.31 bits per heavy atom. The molecule has 0 radical (unpaired) electrons. The molecule has 0 saturated heterocycles. The minimum Gasteiger partial charge on any atom is -0.482 e. The van der Waals surface area contributed by atoms with E-state index in [2.05, 4.69) is 4.74 Å². The third kappa shape index (κ3) is 3.33. The Labute approximate surface area is 150 Å². The van der Waals surface area contributed by atoms with Gasteiger partial charge in [0.2, 0.25) is 0 Å². The van der Waals surface area contributed by atoms with Crippen molar-refractivity contribution in [3.63, 3.8) is 0 Å². The number of aryl methyl sites for hydroxylation is 1. The van der Waals surface area contributed by atoms with E-state index in [9.17, 15) is 14.4 Å². The standard InChI is InChI=1S/C19H19NO6/c1-11-7-15-18(19(23)20(11)2)14(9-16(21)26-15)12-5-4-6-13(8-12)25-10-17(22)24-3/h4-8,14H,9-10H2,1-3H3/t14-/m0/s1. The predicted octanol–water partition coefficient (Wildman–Crippen LogP) is 1.69. The van der Waals surface area contributed by atoms with Gasteiger partial charge in [-0.1, -0.05) is 12.1 Å². The summed E-state index contributed by atoms with van der Waals surface area (Å²) in [7, 11) is 2.96. The fourth-order valence-corrected chi connectivity index (χ4v) is 2.96. The second kappa shape index (κ2) is 7.03. The summed E-state index contributed by atoms with van der Waals surface area (Å²) in [5.41, 5.74) is 1.70. The molecule has 2 heterocycles. The highest BCUT2D eigenvalue weighted by atomic mass is 16.6. The lowest BCUT2D eigenvalue weighted by atomic mass is 9.87. The number of fused-ring (bicyclic) bond motifs is 1. The summed E-state index contributed by atoms with van der Waals surface area (Å²) in [4.78, 5) is 36.0. The lowest BCUT2D eigenvalue weighted by molar-refractivity contribution is -0.143. The van der Waals surface area contributed by atoms with Gasteiger partial charge in [0.25, 0.3) is 5.56 Å². The van der Waals surface area contributed by atoms with Crippen LogP contribution in [0.25, 0.3) is 0 Å². The molecule has 1 aliphatic heterocycles. The van der Waals surface area contributed by atoms with Crippen molar-refractivity contribution in [1.29, 1.82) is 0 Å². The smallest absolute Gasteiger partial charge is 0.343 e. The first kappa shape index (κ1) is 17.7. The SMILES string of the molecule is COC(=O)COc1cccc([C@@H]2CC(=O)Oc3cc(C)n(C)c(=O)c32)c1. The molecular weight excluding hydrogens is 338 g/mol. The Hall–Kier alpha value is -3.09. The van der Waals surface area contributed by atoms with Crippen LogP contribution in [-0.2, 0) is 21.4 Å². The molecule has 26 heavy (non-hydrogen) atoms. The van der Waals surface area contributed by atoms with Crippen molar-refractivity contribution in [2.24, 2.45) is 7.05 Å². The fourth-order valence-electron chi connectivity index (χ4n) is 2.96. The van der Waals surface area contributed by atoms with Crippen molar-refractivity contribution < 1.29 is 23.8 Å². The molecule has 0 unspecified atom stereocenters. The van der Waals surface area contributed by atoms with E-state index in [0.717, 1.165) is 5.56 Å². The van der Waals surface area contributed by atoms with Crippen LogP contribution < -0.4 is 15.0 Å². The number of benzene rings is 1. The monoisotopic (exact) mass is 357 g/mol. The molecule has 1 aromatic carbocycles. The van der Waals surface area contributed by atoms with Crippen molar-refractivity contribution in [2.75, 3.05) is 13.7 Å². The minimum absolute atomic E-state index is 0.0613. The number of ether oxygens (including phenoxy) is 3. The lowest BCUT2D eigenvalue weighted by Crippen LogP contribution is -2.32. The molecule has 0 N–H and O–H groups in total. The van der Waals surface area contributed by atoms with E-state index in [-0.39, 0.29) is 18.6 Å². The second-order valence-corrected chi connectivity index (χ2v) is 6.10. The van der Waals surface area contributed by atoms with Gasteiger partial charge in [0, 0.05) is 24.7 Å². The molecule has 7 heteroatoms. The van der Waals surface area contributed by atoms with Crippen LogP contribution in [-0.4, -0.2) is 30.2 Å². The topological polar surface area (TPSA) is 83.8 Å². The second-order valence-electron chi connectivity index (χ2n) is 6.10. The zero-order valence-electron chi connectivity index (χ0n) is 14.8. The number of nitrogens with zero attached hydrogens (tertiary/aromatic N) is 1. The summed E-state index contributed by atoms with van der Waals surface area (Å²) in [6, 6.07) is 8.67. The van der Waals surface area contributed by atoms with Gasteiger partial charge in [-0.25, -0.2) is 4.79 Å². The number of pyridine rings is 1. The average molecular weight is 357 g/mol. The van der Waals surface area contributed by atoms with Gasteiger partial charge in [-0.2, -0.15) is 0 Å². The highest BCUT2D eigenvalue weighted by Gasteiger charge is 2.32. The number of hydrogen-bond acceptors (Lipinski definition) is 6. The molecule has 1 aliphatic rings. The van der Waals surface area contributed by atoms with E-state index < -0.39 is 17.9 Å². The van der Waals surface area contributed by atoms with Crippen LogP contribution in [0.2, 0.25) is 0 Å². The maximum Gasteiger partial charge on any atom is 0.343 e. The Morgan fingerprint density at radius 3 is 2.81 bits per heavy atom. The van der Waals surface area contributed by atoms with Crippen LogP contribution in [0.1, 0.15) is 29.2 Å². The fraction of sp³-hybridized carbons (Fsp3) is 0.316. The van der Waals surface area contributed by atoms with Gasteiger partial charge < -0.3 is 18.8 Å². The van der Waals surface area contributed by atoms with Gasteiger partial charge in [0.1, 0.15) is 11.5 Å². The van der Waals surface area contributed by atoms with Gasteiger partial charge in [0.15, 0.2) is 6.61 Å². The minimum atomic E-state index is -0.494. The van der Waals surface area contributed by atoms with E-state index >= 15 is 0 Å². The zero-order valence-corrected chi connectivity index (χ0v) is 14.8. The first-order chi connectivity index (χ1) is 12.4. The van der Waals surface area contributed by atoms with E-state index in [1.165, 1.54) is 11.7 Å².